The summed E-state index contributed by atoms with van der Waals surface area (Å²) in [6, 6.07) is 11.8. The number of hydrogen-bond donors (Lipinski definition) is 2. The van der Waals surface area contributed by atoms with Crippen molar-refractivity contribution in [3.05, 3.63) is 69.5 Å². The molecule has 0 spiro atoms. The molecular formula is C14H13Cl2FN2. The zero-order valence-electron chi connectivity index (χ0n) is 10.0. The van der Waals surface area contributed by atoms with E-state index in [1.165, 1.54) is 6.07 Å². The fourth-order valence-corrected chi connectivity index (χ4v) is 2.42. The van der Waals surface area contributed by atoms with Gasteiger partial charge in [0, 0.05) is 5.02 Å². The molecular weight excluding hydrogens is 286 g/mol. The van der Waals surface area contributed by atoms with Crippen molar-refractivity contribution < 1.29 is 4.39 Å². The van der Waals surface area contributed by atoms with E-state index < -0.39 is 5.82 Å². The van der Waals surface area contributed by atoms with E-state index in [9.17, 15) is 4.39 Å². The van der Waals surface area contributed by atoms with Crippen LogP contribution in [0.3, 0.4) is 0 Å². The Morgan fingerprint density at radius 1 is 1.16 bits per heavy atom. The number of hydrogen-bond acceptors (Lipinski definition) is 2. The molecule has 0 saturated heterocycles. The molecule has 100 valence electrons. The summed E-state index contributed by atoms with van der Waals surface area (Å²) < 4.78 is 13.5. The fourth-order valence-electron chi connectivity index (χ4n) is 1.95. The second-order valence-corrected chi connectivity index (χ2v) is 5.01. The van der Waals surface area contributed by atoms with Crippen LogP contribution in [0.4, 0.5) is 4.39 Å². The number of benzene rings is 2. The molecule has 0 bridgehead atoms. The number of nitrogens with one attached hydrogen (secondary N) is 1. The molecule has 0 amide bonds. The first-order valence-corrected chi connectivity index (χ1v) is 6.52. The van der Waals surface area contributed by atoms with Crippen molar-refractivity contribution >= 4 is 23.2 Å². The highest BCUT2D eigenvalue weighted by Gasteiger charge is 2.16. The van der Waals surface area contributed by atoms with Crippen molar-refractivity contribution in [3.8, 4) is 0 Å². The topological polar surface area (TPSA) is 38.0 Å². The summed E-state index contributed by atoms with van der Waals surface area (Å²) in [4.78, 5) is 0. The standard InChI is InChI=1S/C14H13Cl2FN2/c15-10-4-1-3-9(7-10)8-13(19-18)11-5-2-6-12(17)14(11)16/h1-7,13,19H,8,18H2. The highest BCUT2D eigenvalue weighted by Crippen LogP contribution is 2.28. The zero-order valence-corrected chi connectivity index (χ0v) is 11.5. The highest BCUT2D eigenvalue weighted by atomic mass is 35.5. The molecule has 5 heteroatoms. The van der Waals surface area contributed by atoms with Gasteiger partial charge in [-0.15, -0.1) is 0 Å². The van der Waals surface area contributed by atoms with Gasteiger partial charge in [-0.3, -0.25) is 11.3 Å². The predicted molar refractivity (Wildman–Crippen MR) is 76.6 cm³/mol. The van der Waals surface area contributed by atoms with Crippen LogP contribution in [0.15, 0.2) is 42.5 Å². The molecule has 0 aromatic heterocycles. The molecule has 0 aliphatic heterocycles. The van der Waals surface area contributed by atoms with Crippen molar-refractivity contribution in [2.24, 2.45) is 5.84 Å². The van der Waals surface area contributed by atoms with Crippen molar-refractivity contribution in [2.75, 3.05) is 0 Å². The lowest BCUT2D eigenvalue weighted by molar-refractivity contribution is 0.545. The number of halogens is 3. The van der Waals surface area contributed by atoms with Crippen LogP contribution in [0.25, 0.3) is 0 Å². The minimum absolute atomic E-state index is 0.0903. The van der Waals surface area contributed by atoms with Crippen molar-refractivity contribution in [1.29, 1.82) is 0 Å². The van der Waals surface area contributed by atoms with Gasteiger partial charge in [0.1, 0.15) is 5.82 Å². The molecule has 3 N–H and O–H groups in total. The van der Waals surface area contributed by atoms with E-state index in [2.05, 4.69) is 5.43 Å². The van der Waals surface area contributed by atoms with Gasteiger partial charge in [0.25, 0.3) is 0 Å². The predicted octanol–water partition coefficient (Wildman–Crippen LogP) is 3.88. The van der Waals surface area contributed by atoms with E-state index in [4.69, 9.17) is 29.0 Å². The van der Waals surface area contributed by atoms with E-state index in [-0.39, 0.29) is 11.1 Å². The summed E-state index contributed by atoms with van der Waals surface area (Å²) in [6.07, 6.45) is 0.570. The number of nitrogens with two attached hydrogens (primary N) is 1. The van der Waals surface area contributed by atoms with Crippen LogP contribution in [-0.2, 0) is 6.42 Å². The van der Waals surface area contributed by atoms with Crippen molar-refractivity contribution in [2.45, 2.75) is 12.5 Å². The minimum Gasteiger partial charge on any atom is -0.271 e. The molecule has 1 unspecified atom stereocenters. The number of hydrazine groups is 1. The molecule has 19 heavy (non-hydrogen) atoms. The summed E-state index contributed by atoms with van der Waals surface area (Å²) in [5, 5.41) is 0.742. The molecule has 0 radical (unpaired) electrons. The first-order valence-electron chi connectivity index (χ1n) is 5.76. The Balaban J connectivity index is 2.28. The lowest BCUT2D eigenvalue weighted by Gasteiger charge is -2.18. The van der Waals surface area contributed by atoms with Gasteiger partial charge >= 0.3 is 0 Å². The summed E-state index contributed by atoms with van der Waals surface area (Å²) >= 11 is 11.9. The third kappa shape index (κ3) is 3.45. The van der Waals surface area contributed by atoms with Crippen LogP contribution in [0.1, 0.15) is 17.2 Å². The molecule has 2 rings (SSSR count). The maximum absolute atomic E-state index is 13.5. The quantitative estimate of drug-likeness (QED) is 0.664. The Kier molecular flexibility index (Phi) is 4.77. The van der Waals surface area contributed by atoms with Crippen molar-refractivity contribution in [1.82, 2.24) is 5.43 Å². The van der Waals surface area contributed by atoms with Crippen LogP contribution >= 0.6 is 23.2 Å². The molecule has 0 aliphatic carbocycles. The molecule has 0 heterocycles. The van der Waals surface area contributed by atoms with E-state index in [1.807, 2.05) is 18.2 Å². The smallest absolute Gasteiger partial charge is 0.142 e. The van der Waals surface area contributed by atoms with Crippen LogP contribution < -0.4 is 11.3 Å². The summed E-state index contributed by atoms with van der Waals surface area (Å²) in [7, 11) is 0. The molecule has 2 aromatic rings. The van der Waals surface area contributed by atoms with Crippen LogP contribution in [0.5, 0.6) is 0 Å². The van der Waals surface area contributed by atoms with Gasteiger partial charge in [-0.1, -0.05) is 47.5 Å². The summed E-state index contributed by atoms with van der Waals surface area (Å²) in [5.74, 6) is 5.09. The molecule has 0 saturated carbocycles. The average Bonchev–Trinajstić information content (AvgIpc) is 2.40. The SMILES string of the molecule is NNC(Cc1cccc(Cl)c1)c1cccc(F)c1Cl. The van der Waals surface area contributed by atoms with Gasteiger partial charge in [-0.2, -0.15) is 0 Å². The van der Waals surface area contributed by atoms with Crippen LogP contribution in [0, 0.1) is 5.82 Å². The second-order valence-electron chi connectivity index (χ2n) is 4.20. The largest absolute Gasteiger partial charge is 0.271 e. The number of rotatable bonds is 4. The lowest BCUT2D eigenvalue weighted by atomic mass is 9.99. The minimum atomic E-state index is -0.453. The van der Waals surface area contributed by atoms with Gasteiger partial charge in [0.05, 0.1) is 11.1 Å². The Bertz CT molecular complexity index is 575. The van der Waals surface area contributed by atoms with Crippen molar-refractivity contribution in [3.63, 3.8) is 0 Å². The molecule has 0 aliphatic rings. The van der Waals surface area contributed by atoms with Gasteiger partial charge in [-0.05, 0) is 35.7 Å². The molecule has 1 atom stereocenters. The Labute approximate surface area is 121 Å². The third-order valence-electron chi connectivity index (χ3n) is 2.89. The second kappa shape index (κ2) is 6.35. The van der Waals surface area contributed by atoms with Gasteiger partial charge in [-0.25, -0.2) is 4.39 Å². The third-order valence-corrected chi connectivity index (χ3v) is 3.52. The maximum Gasteiger partial charge on any atom is 0.142 e. The summed E-state index contributed by atoms with van der Waals surface area (Å²) in [5.41, 5.74) is 4.29. The lowest BCUT2D eigenvalue weighted by Crippen LogP contribution is -2.30. The van der Waals surface area contributed by atoms with Gasteiger partial charge in [0.2, 0.25) is 0 Å². The maximum atomic E-state index is 13.5. The summed E-state index contributed by atoms with van der Waals surface area (Å²) in [6.45, 7) is 0. The first kappa shape index (κ1) is 14.3. The highest BCUT2D eigenvalue weighted by molar-refractivity contribution is 6.31. The molecule has 2 aromatic carbocycles. The van der Waals surface area contributed by atoms with Gasteiger partial charge < -0.3 is 0 Å². The van der Waals surface area contributed by atoms with E-state index >= 15 is 0 Å². The fraction of sp³-hybridized carbons (Fsp3) is 0.143. The van der Waals surface area contributed by atoms with E-state index in [0.717, 1.165) is 5.56 Å². The normalized spacial score (nSPS) is 12.4. The van der Waals surface area contributed by atoms with Crippen LogP contribution in [0.2, 0.25) is 10.0 Å². The Morgan fingerprint density at radius 3 is 2.58 bits per heavy atom. The van der Waals surface area contributed by atoms with E-state index in [0.29, 0.717) is 17.0 Å². The van der Waals surface area contributed by atoms with Crippen LogP contribution in [-0.4, -0.2) is 0 Å². The van der Waals surface area contributed by atoms with E-state index in [1.54, 1.807) is 18.2 Å². The molecule has 2 nitrogen and oxygen atoms in total. The zero-order chi connectivity index (χ0) is 13.8. The average molecular weight is 299 g/mol. The first-order chi connectivity index (χ1) is 9.11. The van der Waals surface area contributed by atoms with Gasteiger partial charge in [0.15, 0.2) is 0 Å². The Morgan fingerprint density at radius 2 is 1.89 bits per heavy atom. The monoisotopic (exact) mass is 298 g/mol. The Hall–Kier alpha value is -1.13. The molecule has 0 fully saturated rings.